The average molecular weight is 464 g/mol. The van der Waals surface area contributed by atoms with E-state index in [1.54, 1.807) is 6.07 Å². The summed E-state index contributed by atoms with van der Waals surface area (Å²) in [6.45, 7) is 1.17. The van der Waals surface area contributed by atoms with E-state index in [9.17, 15) is 14.4 Å². The number of nitrogen functional groups attached to an aromatic ring is 1. The summed E-state index contributed by atoms with van der Waals surface area (Å²) < 4.78 is 15.8. The van der Waals surface area contributed by atoms with Crippen LogP contribution in [0.15, 0.2) is 28.2 Å². The van der Waals surface area contributed by atoms with Crippen LogP contribution < -0.4 is 31.4 Å². The third-order valence-electron chi connectivity index (χ3n) is 4.70. The lowest BCUT2D eigenvalue weighted by Crippen LogP contribution is -2.33. The van der Waals surface area contributed by atoms with E-state index in [1.165, 1.54) is 26.4 Å². The molecule has 5 N–H and O–H groups in total. The van der Waals surface area contributed by atoms with E-state index in [-0.39, 0.29) is 40.0 Å². The first-order valence-electron chi connectivity index (χ1n) is 9.85. The molecule has 1 aliphatic heterocycles. The number of rotatable bonds is 9. The molecule has 0 bridgehead atoms. The Labute approximate surface area is 188 Å². The van der Waals surface area contributed by atoms with E-state index in [2.05, 4.69) is 20.6 Å². The number of aromatic nitrogens is 2. The van der Waals surface area contributed by atoms with E-state index >= 15 is 0 Å². The highest BCUT2D eigenvalue weighted by Gasteiger charge is 2.18. The lowest BCUT2D eigenvalue weighted by Gasteiger charge is -2.11. The topological polar surface area (TPSA) is 158 Å². The molecule has 1 aliphatic rings. The number of anilines is 2. The fourth-order valence-electron chi connectivity index (χ4n) is 3.04. The van der Waals surface area contributed by atoms with Crippen molar-refractivity contribution in [1.29, 1.82) is 0 Å². The standard InChI is InChI=1S/C20H25N5O6S/c1-29-13-6-5-11(8-14(13)30-2)18(27)23-16-17(21)24-20(25-19(16)28)32-10-15(26)22-9-12-4-3-7-31-12/h5-6,8,12H,3-4,7,9-10H2,1-2H3,(H,22,26)(H,23,27)(H3,21,24,25,28)/t12-/m0/s1. The molecule has 0 radical (unpaired) electrons. The number of methoxy groups -OCH3 is 2. The normalized spacial score (nSPS) is 15.2. The molecule has 1 saturated heterocycles. The van der Waals surface area contributed by atoms with Gasteiger partial charge in [0, 0.05) is 18.7 Å². The van der Waals surface area contributed by atoms with Gasteiger partial charge in [-0.15, -0.1) is 0 Å². The minimum atomic E-state index is -0.631. The Bertz CT molecular complexity index is 1040. The molecular formula is C20H25N5O6S. The molecule has 12 heteroatoms. The van der Waals surface area contributed by atoms with Crippen LogP contribution in [0.1, 0.15) is 23.2 Å². The number of hydrogen-bond donors (Lipinski definition) is 4. The lowest BCUT2D eigenvalue weighted by molar-refractivity contribution is -0.119. The molecule has 2 amide bonds. The third kappa shape index (κ3) is 5.92. The van der Waals surface area contributed by atoms with Gasteiger partial charge in [-0.3, -0.25) is 19.4 Å². The highest BCUT2D eigenvalue weighted by atomic mass is 32.2. The predicted molar refractivity (Wildman–Crippen MR) is 119 cm³/mol. The summed E-state index contributed by atoms with van der Waals surface area (Å²) in [5.74, 6) is -0.0675. The van der Waals surface area contributed by atoms with Gasteiger partial charge in [0.05, 0.1) is 26.1 Å². The minimum Gasteiger partial charge on any atom is -0.493 e. The summed E-state index contributed by atoms with van der Waals surface area (Å²) in [4.78, 5) is 43.6. The fraction of sp³-hybridized carbons (Fsp3) is 0.400. The van der Waals surface area contributed by atoms with Crippen molar-refractivity contribution in [3.8, 4) is 11.5 Å². The van der Waals surface area contributed by atoms with Gasteiger partial charge in [-0.05, 0) is 31.0 Å². The first-order valence-corrected chi connectivity index (χ1v) is 10.8. The number of amides is 2. The SMILES string of the molecule is COc1ccc(C(=O)Nc2c(N)nc(SCC(=O)NC[C@@H]3CCCO3)[nH]c2=O)cc1OC. The van der Waals surface area contributed by atoms with E-state index in [4.69, 9.17) is 19.9 Å². The number of benzene rings is 1. The zero-order valence-corrected chi connectivity index (χ0v) is 18.5. The van der Waals surface area contributed by atoms with Gasteiger partial charge < -0.3 is 30.6 Å². The molecule has 2 aromatic rings. The van der Waals surface area contributed by atoms with Crippen LogP contribution in [0.4, 0.5) is 11.5 Å². The number of thioether (sulfide) groups is 1. The van der Waals surface area contributed by atoms with E-state index in [1.807, 2.05) is 0 Å². The summed E-state index contributed by atoms with van der Waals surface area (Å²) in [6.07, 6.45) is 1.97. The highest BCUT2D eigenvalue weighted by molar-refractivity contribution is 7.99. The number of nitrogens with one attached hydrogen (secondary N) is 3. The second-order valence-electron chi connectivity index (χ2n) is 6.88. The van der Waals surface area contributed by atoms with Gasteiger partial charge in [0.2, 0.25) is 5.91 Å². The Kier molecular flexibility index (Phi) is 7.95. The van der Waals surface area contributed by atoms with Crippen molar-refractivity contribution in [2.45, 2.75) is 24.1 Å². The molecule has 1 aromatic carbocycles. The van der Waals surface area contributed by atoms with Gasteiger partial charge in [-0.25, -0.2) is 4.98 Å². The van der Waals surface area contributed by atoms with Gasteiger partial charge in [-0.2, -0.15) is 0 Å². The summed E-state index contributed by atoms with van der Waals surface area (Å²) in [7, 11) is 2.93. The maximum atomic E-state index is 12.6. The molecule has 2 heterocycles. The van der Waals surface area contributed by atoms with Crippen molar-refractivity contribution in [3.05, 3.63) is 34.1 Å². The smallest absolute Gasteiger partial charge is 0.277 e. The Morgan fingerprint density at radius 1 is 1.31 bits per heavy atom. The van der Waals surface area contributed by atoms with E-state index in [0.29, 0.717) is 24.7 Å². The summed E-state index contributed by atoms with van der Waals surface area (Å²) in [5.41, 5.74) is 5.30. The molecular weight excluding hydrogens is 438 g/mol. The third-order valence-corrected chi connectivity index (χ3v) is 5.57. The number of H-pyrrole nitrogens is 1. The number of carbonyl (C=O) groups excluding carboxylic acids is 2. The number of aromatic amines is 1. The number of carbonyl (C=O) groups is 2. The van der Waals surface area contributed by atoms with Crippen LogP contribution in [-0.4, -0.2) is 61.0 Å². The molecule has 172 valence electrons. The molecule has 0 aliphatic carbocycles. The molecule has 0 spiro atoms. The molecule has 3 rings (SSSR count). The zero-order valence-electron chi connectivity index (χ0n) is 17.7. The maximum absolute atomic E-state index is 12.6. The van der Waals surface area contributed by atoms with Crippen molar-refractivity contribution in [2.24, 2.45) is 0 Å². The highest BCUT2D eigenvalue weighted by Crippen LogP contribution is 2.28. The molecule has 1 aromatic heterocycles. The van der Waals surface area contributed by atoms with Crippen LogP contribution >= 0.6 is 11.8 Å². The molecule has 1 atom stereocenters. The second-order valence-corrected chi connectivity index (χ2v) is 7.85. The van der Waals surface area contributed by atoms with Crippen LogP contribution in [0.3, 0.4) is 0 Å². The van der Waals surface area contributed by atoms with Gasteiger partial charge in [0.1, 0.15) is 5.69 Å². The van der Waals surface area contributed by atoms with Crippen molar-refractivity contribution >= 4 is 35.1 Å². The molecule has 32 heavy (non-hydrogen) atoms. The summed E-state index contributed by atoms with van der Waals surface area (Å²) in [6, 6.07) is 4.57. The van der Waals surface area contributed by atoms with Crippen LogP contribution in [0.5, 0.6) is 11.5 Å². The van der Waals surface area contributed by atoms with Crippen LogP contribution in [-0.2, 0) is 9.53 Å². The van der Waals surface area contributed by atoms with Gasteiger partial charge >= 0.3 is 0 Å². The summed E-state index contributed by atoms with van der Waals surface area (Å²) in [5, 5.41) is 5.41. The van der Waals surface area contributed by atoms with Crippen molar-refractivity contribution in [2.75, 3.05) is 44.2 Å². The van der Waals surface area contributed by atoms with E-state index in [0.717, 1.165) is 24.6 Å². The Balaban J connectivity index is 1.61. The molecule has 0 saturated carbocycles. The van der Waals surface area contributed by atoms with Crippen molar-refractivity contribution in [3.63, 3.8) is 0 Å². The van der Waals surface area contributed by atoms with E-state index < -0.39 is 11.5 Å². The van der Waals surface area contributed by atoms with Crippen LogP contribution in [0, 0.1) is 0 Å². The second kappa shape index (κ2) is 10.9. The molecule has 1 fully saturated rings. The number of ether oxygens (including phenoxy) is 3. The first kappa shape index (κ1) is 23.4. The van der Waals surface area contributed by atoms with Gasteiger partial charge in [0.25, 0.3) is 11.5 Å². The predicted octanol–water partition coefficient (Wildman–Crippen LogP) is 1.01. The molecule has 0 unspecified atom stereocenters. The zero-order chi connectivity index (χ0) is 23.1. The van der Waals surface area contributed by atoms with Crippen LogP contribution in [0.2, 0.25) is 0 Å². The number of nitrogens with zero attached hydrogens (tertiary/aromatic N) is 1. The number of hydrogen-bond acceptors (Lipinski definition) is 9. The maximum Gasteiger partial charge on any atom is 0.277 e. The lowest BCUT2D eigenvalue weighted by atomic mass is 10.2. The van der Waals surface area contributed by atoms with Gasteiger partial charge in [0.15, 0.2) is 22.5 Å². The summed E-state index contributed by atoms with van der Waals surface area (Å²) >= 11 is 1.03. The Morgan fingerprint density at radius 3 is 2.75 bits per heavy atom. The number of nitrogens with two attached hydrogens (primary N) is 1. The van der Waals surface area contributed by atoms with Crippen LogP contribution in [0.25, 0.3) is 0 Å². The van der Waals surface area contributed by atoms with Crippen molar-refractivity contribution in [1.82, 2.24) is 15.3 Å². The van der Waals surface area contributed by atoms with Gasteiger partial charge in [-0.1, -0.05) is 11.8 Å². The monoisotopic (exact) mass is 463 g/mol. The quantitative estimate of drug-likeness (QED) is 0.314. The Morgan fingerprint density at radius 2 is 2.09 bits per heavy atom. The Hall–Kier alpha value is -3.25. The first-order chi connectivity index (χ1) is 15.4. The molecule has 11 nitrogen and oxygen atoms in total. The van der Waals surface area contributed by atoms with Crippen molar-refractivity contribution < 1.29 is 23.8 Å². The fourth-order valence-corrected chi connectivity index (χ4v) is 3.74. The average Bonchev–Trinajstić information content (AvgIpc) is 3.31. The largest absolute Gasteiger partial charge is 0.493 e. The minimum absolute atomic E-state index is 0.0473.